The fraction of sp³-hybridized carbons (Fsp3) is 0.0952. The van der Waals surface area contributed by atoms with E-state index in [1.807, 2.05) is 18.2 Å². The standard InChI is InChI=1S/C42H32O9/c43-28-9-2-22(3-10-28)1-4-25-15-33(48)21-36-38(25)39(41(50-36)24-7-13-30(45)14-8-24)27-18-34-37(26-16-31(46)20-32(47)17-26)40(51-42(34)35(49)19-27)23-5-11-29(44)12-6-23/h1-21,37,39-41,43-49H. The topological polar surface area (TPSA) is 160 Å². The molecule has 0 fully saturated rings. The van der Waals surface area contributed by atoms with Crippen LogP contribution in [0.3, 0.4) is 0 Å². The fourth-order valence-corrected chi connectivity index (χ4v) is 7.23. The number of hydrogen-bond acceptors (Lipinski definition) is 9. The summed E-state index contributed by atoms with van der Waals surface area (Å²) in [5, 5.41) is 73.3. The molecule has 6 aromatic carbocycles. The smallest absolute Gasteiger partial charge is 0.165 e. The monoisotopic (exact) mass is 680 g/mol. The molecule has 6 aromatic rings. The SMILES string of the molecule is Oc1ccc(C=Cc2cc(O)cc3c2C(c2cc(O)c4c(c2)C(c2cc(O)cc(O)c2)C(c2ccc(O)cc2)O4)C(c2ccc(O)cc2)O3)cc1. The molecule has 7 N–H and O–H groups in total. The summed E-state index contributed by atoms with van der Waals surface area (Å²) in [5.41, 5.74) is 5.49. The lowest BCUT2D eigenvalue weighted by atomic mass is 9.79. The highest BCUT2D eigenvalue weighted by Crippen LogP contribution is 2.58. The minimum Gasteiger partial charge on any atom is -0.508 e. The third-order valence-corrected chi connectivity index (χ3v) is 9.46. The lowest BCUT2D eigenvalue weighted by Crippen LogP contribution is -2.13. The summed E-state index contributed by atoms with van der Waals surface area (Å²) in [6.07, 6.45) is 2.39. The van der Waals surface area contributed by atoms with E-state index in [0.29, 0.717) is 33.6 Å². The maximum Gasteiger partial charge on any atom is 0.165 e. The van der Waals surface area contributed by atoms with Crippen molar-refractivity contribution in [2.45, 2.75) is 24.0 Å². The highest BCUT2D eigenvalue weighted by molar-refractivity contribution is 5.76. The highest BCUT2D eigenvalue weighted by atomic mass is 16.5. The molecule has 4 unspecified atom stereocenters. The van der Waals surface area contributed by atoms with Crippen LogP contribution in [0.5, 0.6) is 51.7 Å². The molecule has 2 aliphatic rings. The molecule has 0 amide bonds. The quantitative estimate of drug-likeness (QED) is 0.0858. The van der Waals surface area contributed by atoms with E-state index >= 15 is 0 Å². The van der Waals surface area contributed by atoms with Crippen LogP contribution in [0, 0.1) is 0 Å². The van der Waals surface area contributed by atoms with Crippen molar-refractivity contribution < 1.29 is 45.2 Å². The van der Waals surface area contributed by atoms with Gasteiger partial charge in [0.25, 0.3) is 0 Å². The summed E-state index contributed by atoms with van der Waals surface area (Å²) in [4.78, 5) is 0. The van der Waals surface area contributed by atoms with Crippen molar-refractivity contribution in [1.82, 2.24) is 0 Å². The summed E-state index contributed by atoms with van der Waals surface area (Å²) in [6.45, 7) is 0. The number of hydrogen-bond donors (Lipinski definition) is 7. The normalized spacial score (nSPS) is 19.0. The first kappa shape index (κ1) is 31.5. The molecule has 2 aliphatic heterocycles. The van der Waals surface area contributed by atoms with E-state index < -0.39 is 24.0 Å². The number of phenols is 7. The van der Waals surface area contributed by atoms with E-state index in [-0.39, 0.29) is 46.0 Å². The van der Waals surface area contributed by atoms with Gasteiger partial charge in [0.15, 0.2) is 11.5 Å². The van der Waals surface area contributed by atoms with Crippen LogP contribution < -0.4 is 9.47 Å². The average molecular weight is 681 g/mol. The first-order valence-electron chi connectivity index (χ1n) is 16.3. The van der Waals surface area contributed by atoms with E-state index in [1.165, 1.54) is 6.07 Å². The van der Waals surface area contributed by atoms with Crippen molar-refractivity contribution in [3.05, 3.63) is 160 Å². The zero-order chi connectivity index (χ0) is 35.4. The van der Waals surface area contributed by atoms with Crippen LogP contribution in [0.4, 0.5) is 0 Å². The van der Waals surface area contributed by atoms with Crippen LogP contribution in [-0.2, 0) is 0 Å². The molecule has 9 nitrogen and oxygen atoms in total. The molecule has 0 bridgehead atoms. The van der Waals surface area contributed by atoms with Crippen molar-refractivity contribution in [2.75, 3.05) is 0 Å². The molecule has 0 saturated carbocycles. The zero-order valence-corrected chi connectivity index (χ0v) is 26.9. The first-order valence-corrected chi connectivity index (χ1v) is 16.3. The summed E-state index contributed by atoms with van der Waals surface area (Å²) in [7, 11) is 0. The third-order valence-electron chi connectivity index (χ3n) is 9.46. The Kier molecular flexibility index (Phi) is 7.60. The third kappa shape index (κ3) is 5.84. The van der Waals surface area contributed by atoms with Crippen LogP contribution >= 0.6 is 0 Å². The Labute approximate surface area is 292 Å². The molecule has 0 saturated heterocycles. The van der Waals surface area contributed by atoms with E-state index in [4.69, 9.17) is 9.47 Å². The van der Waals surface area contributed by atoms with Gasteiger partial charge in [-0.15, -0.1) is 0 Å². The van der Waals surface area contributed by atoms with E-state index in [9.17, 15) is 35.7 Å². The maximum absolute atomic E-state index is 11.7. The lowest BCUT2D eigenvalue weighted by molar-refractivity contribution is 0.214. The van der Waals surface area contributed by atoms with Gasteiger partial charge in [-0.2, -0.15) is 0 Å². The highest BCUT2D eigenvalue weighted by Gasteiger charge is 2.43. The summed E-state index contributed by atoms with van der Waals surface area (Å²) in [5.74, 6) is -0.564. The van der Waals surface area contributed by atoms with Crippen molar-refractivity contribution >= 4 is 12.2 Å². The van der Waals surface area contributed by atoms with E-state index in [0.717, 1.165) is 16.7 Å². The van der Waals surface area contributed by atoms with Crippen LogP contribution in [0.25, 0.3) is 12.2 Å². The number of rotatable bonds is 6. The Morgan fingerprint density at radius 2 is 0.961 bits per heavy atom. The number of fused-ring (bicyclic) bond motifs is 2. The molecule has 0 aromatic heterocycles. The zero-order valence-electron chi connectivity index (χ0n) is 26.9. The Morgan fingerprint density at radius 3 is 1.57 bits per heavy atom. The summed E-state index contributed by atoms with van der Waals surface area (Å²) in [6, 6.07) is 31.0. The second-order valence-electron chi connectivity index (χ2n) is 12.8. The van der Waals surface area contributed by atoms with Crippen molar-refractivity contribution in [2.24, 2.45) is 0 Å². The van der Waals surface area contributed by atoms with Gasteiger partial charge < -0.3 is 45.2 Å². The second kappa shape index (κ2) is 12.3. The van der Waals surface area contributed by atoms with Crippen LogP contribution in [0.15, 0.2) is 115 Å². The van der Waals surface area contributed by atoms with Gasteiger partial charge in [-0.1, -0.05) is 54.6 Å². The molecular formula is C42H32O9. The van der Waals surface area contributed by atoms with Gasteiger partial charge in [0, 0.05) is 23.3 Å². The predicted octanol–water partition coefficient (Wildman–Crippen LogP) is 8.33. The Bertz CT molecular complexity index is 2270. The largest absolute Gasteiger partial charge is 0.508 e. The average Bonchev–Trinajstić information content (AvgIpc) is 3.68. The van der Waals surface area contributed by atoms with E-state index in [2.05, 4.69) is 0 Å². The minimum atomic E-state index is -0.691. The molecule has 8 rings (SSSR count). The minimum absolute atomic E-state index is 0.00471. The molecule has 0 spiro atoms. The number of phenolic OH excluding ortho intramolecular Hbond substituents is 7. The first-order chi connectivity index (χ1) is 24.6. The molecular weight excluding hydrogens is 648 g/mol. The van der Waals surface area contributed by atoms with Crippen LogP contribution in [-0.4, -0.2) is 35.7 Å². The lowest BCUT2D eigenvalue weighted by Gasteiger charge is -2.23. The molecule has 51 heavy (non-hydrogen) atoms. The predicted molar refractivity (Wildman–Crippen MR) is 190 cm³/mol. The Hall–Kier alpha value is -6.74. The number of ether oxygens (including phenoxy) is 2. The molecule has 254 valence electrons. The molecule has 9 heteroatoms. The van der Waals surface area contributed by atoms with Crippen LogP contribution in [0.2, 0.25) is 0 Å². The Balaban J connectivity index is 1.32. The van der Waals surface area contributed by atoms with Crippen molar-refractivity contribution in [1.29, 1.82) is 0 Å². The molecule has 2 heterocycles. The van der Waals surface area contributed by atoms with Gasteiger partial charge in [0.2, 0.25) is 0 Å². The van der Waals surface area contributed by atoms with Crippen LogP contribution in [0.1, 0.15) is 68.6 Å². The van der Waals surface area contributed by atoms with Gasteiger partial charge in [-0.25, -0.2) is 0 Å². The van der Waals surface area contributed by atoms with Gasteiger partial charge >= 0.3 is 0 Å². The second-order valence-corrected chi connectivity index (χ2v) is 12.8. The van der Waals surface area contributed by atoms with Crippen molar-refractivity contribution in [3.63, 3.8) is 0 Å². The maximum atomic E-state index is 11.7. The van der Waals surface area contributed by atoms with Crippen molar-refractivity contribution in [3.8, 4) is 51.7 Å². The van der Waals surface area contributed by atoms with Gasteiger partial charge in [0.1, 0.15) is 52.5 Å². The fourth-order valence-electron chi connectivity index (χ4n) is 7.23. The number of benzene rings is 6. The van der Waals surface area contributed by atoms with Gasteiger partial charge in [-0.05, 0) is 94.0 Å². The van der Waals surface area contributed by atoms with E-state index in [1.54, 1.807) is 103 Å². The summed E-state index contributed by atoms with van der Waals surface area (Å²) < 4.78 is 13.0. The van der Waals surface area contributed by atoms with Gasteiger partial charge in [0.05, 0.1) is 11.8 Å². The summed E-state index contributed by atoms with van der Waals surface area (Å²) >= 11 is 0. The van der Waals surface area contributed by atoms with Gasteiger partial charge in [-0.3, -0.25) is 0 Å². The molecule has 4 atom stereocenters. The number of aromatic hydroxyl groups is 7. The molecule has 0 aliphatic carbocycles. The Morgan fingerprint density at radius 1 is 0.431 bits per heavy atom. The molecule has 0 radical (unpaired) electrons.